The first-order valence-electron chi connectivity index (χ1n) is 9.51. The molecule has 0 N–H and O–H groups in total. The number of aliphatic imine (C=N–C) groups is 1. The highest BCUT2D eigenvalue weighted by atomic mass is 32.2. The molecule has 1 aromatic rings. The van der Waals surface area contributed by atoms with Gasteiger partial charge in [-0.05, 0) is 37.5 Å². The fourth-order valence-corrected chi connectivity index (χ4v) is 4.86. The van der Waals surface area contributed by atoms with E-state index in [2.05, 4.69) is 4.99 Å². The molecule has 4 rings (SSSR count). The molecule has 3 unspecified atom stereocenters. The molecule has 0 aromatic heterocycles. The van der Waals surface area contributed by atoms with Gasteiger partial charge in [0.1, 0.15) is 5.75 Å². The standard InChI is InChI=1S/C20H21F3N2O4S/c1-12(20(21,22)23)29-16-6-5-14(30(2,27)28)8-15(16)18(26)25-10-13-9-19(13,11-25)17-4-3-7-24-17/h3,5-8,12-13H,4,9-11H2,1-2H3. The molecule has 6 nitrogen and oxygen atoms in total. The molecule has 1 amide bonds. The van der Waals surface area contributed by atoms with Crippen molar-refractivity contribution >= 4 is 21.5 Å². The van der Waals surface area contributed by atoms with Crippen LogP contribution in [-0.2, 0) is 9.84 Å². The molecule has 1 saturated carbocycles. The number of piperidine rings is 1. The van der Waals surface area contributed by atoms with Crippen molar-refractivity contribution in [3.63, 3.8) is 0 Å². The van der Waals surface area contributed by atoms with Gasteiger partial charge in [-0.15, -0.1) is 0 Å². The zero-order valence-corrected chi connectivity index (χ0v) is 17.3. The number of carbonyl (C=O) groups is 1. The number of fused-ring (bicyclic) bond motifs is 1. The molecule has 30 heavy (non-hydrogen) atoms. The van der Waals surface area contributed by atoms with Crippen LogP contribution >= 0.6 is 0 Å². The lowest BCUT2D eigenvalue weighted by Crippen LogP contribution is -2.35. The minimum Gasteiger partial charge on any atom is -0.480 e. The minimum absolute atomic E-state index is 0.152. The number of carbonyl (C=O) groups excluding carboxylic acids is 1. The van der Waals surface area contributed by atoms with Crippen molar-refractivity contribution in [2.24, 2.45) is 16.3 Å². The molecule has 2 aliphatic heterocycles. The molecule has 2 heterocycles. The molecular weight excluding hydrogens is 421 g/mol. The summed E-state index contributed by atoms with van der Waals surface area (Å²) >= 11 is 0. The van der Waals surface area contributed by atoms with Crippen molar-refractivity contribution in [3.8, 4) is 5.75 Å². The minimum atomic E-state index is -4.62. The van der Waals surface area contributed by atoms with Crippen LogP contribution in [0.4, 0.5) is 13.2 Å². The zero-order chi connectivity index (χ0) is 21.9. The Morgan fingerprint density at radius 2 is 2.10 bits per heavy atom. The third-order valence-electron chi connectivity index (χ3n) is 6.03. The van der Waals surface area contributed by atoms with E-state index in [1.165, 1.54) is 0 Å². The SMILES string of the molecule is CC(Oc1ccc(S(C)(=O)=O)cc1C(=O)N1CC2CC2(C2=NC=CC2)C1)C(F)(F)F. The van der Waals surface area contributed by atoms with E-state index < -0.39 is 28.0 Å². The maximum absolute atomic E-state index is 13.2. The van der Waals surface area contributed by atoms with E-state index in [1.54, 1.807) is 11.1 Å². The van der Waals surface area contributed by atoms with Crippen molar-refractivity contribution in [3.05, 3.63) is 36.0 Å². The molecule has 1 aromatic carbocycles. The smallest absolute Gasteiger partial charge is 0.425 e. The molecule has 2 fully saturated rings. The molecule has 3 atom stereocenters. The summed E-state index contributed by atoms with van der Waals surface area (Å²) in [5.74, 6) is -0.564. The van der Waals surface area contributed by atoms with E-state index in [0.717, 1.165) is 49.9 Å². The zero-order valence-electron chi connectivity index (χ0n) is 16.4. The summed E-state index contributed by atoms with van der Waals surface area (Å²) in [6.07, 6.45) is -0.447. The van der Waals surface area contributed by atoms with E-state index in [1.807, 2.05) is 6.08 Å². The molecule has 0 radical (unpaired) electrons. The van der Waals surface area contributed by atoms with Crippen molar-refractivity contribution in [1.29, 1.82) is 0 Å². The van der Waals surface area contributed by atoms with Crippen LogP contribution in [0, 0.1) is 11.3 Å². The summed E-state index contributed by atoms with van der Waals surface area (Å²) in [6.45, 7) is 1.70. The van der Waals surface area contributed by atoms with Crippen LogP contribution < -0.4 is 4.74 Å². The first-order chi connectivity index (χ1) is 13.9. The Labute approximate surface area is 172 Å². The fraction of sp³-hybridized carbons (Fsp3) is 0.500. The van der Waals surface area contributed by atoms with Crippen molar-refractivity contribution < 1.29 is 31.1 Å². The van der Waals surface area contributed by atoms with Gasteiger partial charge in [-0.2, -0.15) is 13.2 Å². The van der Waals surface area contributed by atoms with E-state index in [4.69, 9.17) is 4.74 Å². The van der Waals surface area contributed by atoms with Crippen LogP contribution in [0.15, 0.2) is 40.4 Å². The Hall–Kier alpha value is -2.36. The number of ether oxygens (including phenoxy) is 1. The number of allylic oxidation sites excluding steroid dienone is 1. The summed E-state index contributed by atoms with van der Waals surface area (Å²) < 4.78 is 67.8. The molecule has 0 bridgehead atoms. The number of sulfone groups is 1. The summed E-state index contributed by atoms with van der Waals surface area (Å²) in [6, 6.07) is 3.36. The first-order valence-corrected chi connectivity index (χ1v) is 11.4. The number of halogens is 3. The lowest BCUT2D eigenvalue weighted by Gasteiger charge is -2.24. The van der Waals surface area contributed by atoms with Crippen molar-refractivity contribution in [1.82, 2.24) is 4.90 Å². The number of rotatable bonds is 5. The average molecular weight is 442 g/mol. The molecule has 3 aliphatic rings. The monoisotopic (exact) mass is 442 g/mol. The number of alkyl halides is 3. The molecule has 10 heteroatoms. The highest BCUT2D eigenvalue weighted by Gasteiger charge is 2.63. The van der Waals surface area contributed by atoms with Crippen LogP contribution in [-0.4, -0.2) is 56.6 Å². The third-order valence-corrected chi connectivity index (χ3v) is 7.14. The van der Waals surface area contributed by atoms with Gasteiger partial charge < -0.3 is 9.64 Å². The Morgan fingerprint density at radius 3 is 2.70 bits per heavy atom. The van der Waals surface area contributed by atoms with E-state index >= 15 is 0 Å². The van der Waals surface area contributed by atoms with Crippen LogP contribution in [0.2, 0.25) is 0 Å². The Kier molecular flexibility index (Phi) is 4.76. The van der Waals surface area contributed by atoms with Crippen LogP contribution in [0.25, 0.3) is 0 Å². The van der Waals surface area contributed by atoms with Gasteiger partial charge in [-0.25, -0.2) is 8.42 Å². The summed E-state index contributed by atoms with van der Waals surface area (Å²) in [7, 11) is -3.66. The van der Waals surface area contributed by atoms with Gasteiger partial charge in [0.15, 0.2) is 15.9 Å². The number of likely N-dealkylation sites (tertiary alicyclic amines) is 1. The summed E-state index contributed by atoms with van der Waals surface area (Å²) in [5.41, 5.74) is 0.667. The third kappa shape index (κ3) is 3.61. The molecule has 0 spiro atoms. The lowest BCUT2D eigenvalue weighted by atomic mass is 9.97. The van der Waals surface area contributed by atoms with Crippen LogP contribution in [0.5, 0.6) is 5.75 Å². The largest absolute Gasteiger partial charge is 0.480 e. The number of amides is 1. The van der Waals surface area contributed by atoms with E-state index in [9.17, 15) is 26.4 Å². The second kappa shape index (κ2) is 6.83. The maximum atomic E-state index is 13.2. The maximum Gasteiger partial charge on any atom is 0.425 e. The summed E-state index contributed by atoms with van der Waals surface area (Å²) in [4.78, 5) is 19.0. The fourth-order valence-electron chi connectivity index (χ4n) is 4.21. The molecule has 162 valence electrons. The Morgan fingerprint density at radius 1 is 1.37 bits per heavy atom. The second-order valence-corrected chi connectivity index (χ2v) is 10.2. The Bertz CT molecular complexity index is 1060. The quantitative estimate of drug-likeness (QED) is 0.702. The van der Waals surface area contributed by atoms with Gasteiger partial charge in [0.2, 0.25) is 0 Å². The average Bonchev–Trinajstić information content (AvgIpc) is 3.03. The number of nitrogens with zero attached hydrogens (tertiary/aromatic N) is 2. The topological polar surface area (TPSA) is 76.0 Å². The second-order valence-electron chi connectivity index (χ2n) is 8.14. The van der Waals surface area contributed by atoms with Gasteiger partial charge in [-0.3, -0.25) is 9.79 Å². The van der Waals surface area contributed by atoms with Crippen molar-refractivity contribution in [2.75, 3.05) is 19.3 Å². The predicted octanol–water partition coefficient (Wildman–Crippen LogP) is 3.24. The van der Waals surface area contributed by atoms with Crippen molar-refractivity contribution in [2.45, 2.75) is 36.9 Å². The Balaban J connectivity index is 1.63. The first kappa shape index (κ1) is 20.9. The highest BCUT2D eigenvalue weighted by Crippen LogP contribution is 2.60. The molecule has 1 saturated heterocycles. The predicted molar refractivity (Wildman–Crippen MR) is 103 cm³/mol. The van der Waals surface area contributed by atoms with Gasteiger partial charge in [-0.1, -0.05) is 6.08 Å². The number of benzene rings is 1. The normalized spacial score (nSPS) is 26.4. The van der Waals surface area contributed by atoms with Gasteiger partial charge in [0.25, 0.3) is 5.91 Å². The van der Waals surface area contributed by atoms with Gasteiger partial charge in [0.05, 0.1) is 10.5 Å². The number of hydrogen-bond donors (Lipinski definition) is 0. The van der Waals surface area contributed by atoms with Gasteiger partial charge in [0, 0.05) is 43.1 Å². The molecule has 1 aliphatic carbocycles. The lowest BCUT2D eigenvalue weighted by molar-refractivity contribution is -0.189. The number of hydrogen-bond acceptors (Lipinski definition) is 5. The molecular formula is C20H21F3N2O4S. The van der Waals surface area contributed by atoms with Gasteiger partial charge >= 0.3 is 6.18 Å². The van der Waals surface area contributed by atoms with Crippen LogP contribution in [0.3, 0.4) is 0 Å². The highest BCUT2D eigenvalue weighted by molar-refractivity contribution is 7.90. The van der Waals surface area contributed by atoms with E-state index in [-0.39, 0.29) is 27.5 Å². The van der Waals surface area contributed by atoms with Crippen LogP contribution in [0.1, 0.15) is 30.1 Å². The van der Waals surface area contributed by atoms with E-state index in [0.29, 0.717) is 13.1 Å². The summed E-state index contributed by atoms with van der Waals surface area (Å²) in [5, 5.41) is 0.